The fourth-order valence-electron chi connectivity index (χ4n) is 1.94. The van der Waals surface area contributed by atoms with Crippen LogP contribution in [0.5, 0.6) is 0 Å². The standard InChI is InChI=1S/C13H18O6S/c1-9-2-4-10(5-3-9)20(16,17)18-8-12-11(14)6-7-13(15)19-12/h2-5,11-15H,6-8H2,1H3/t11-,12+,13-/m0/s1. The van der Waals surface area contributed by atoms with E-state index in [4.69, 9.17) is 8.92 Å². The molecule has 0 saturated carbocycles. The summed E-state index contributed by atoms with van der Waals surface area (Å²) in [5.74, 6) is 0. The Labute approximate surface area is 118 Å². The van der Waals surface area contributed by atoms with Gasteiger partial charge in [0, 0.05) is 6.42 Å². The summed E-state index contributed by atoms with van der Waals surface area (Å²) in [4.78, 5) is 0.0500. The zero-order valence-electron chi connectivity index (χ0n) is 11.1. The Balaban J connectivity index is 2.00. The maximum atomic E-state index is 12.0. The van der Waals surface area contributed by atoms with E-state index in [9.17, 15) is 18.6 Å². The molecule has 1 saturated heterocycles. The van der Waals surface area contributed by atoms with Crippen LogP contribution in [0.25, 0.3) is 0 Å². The smallest absolute Gasteiger partial charge is 0.297 e. The molecular weight excluding hydrogens is 284 g/mol. The number of ether oxygens (including phenoxy) is 1. The average Bonchev–Trinajstić information content (AvgIpc) is 2.40. The van der Waals surface area contributed by atoms with E-state index in [1.165, 1.54) is 12.1 Å². The number of hydrogen-bond donors (Lipinski definition) is 2. The summed E-state index contributed by atoms with van der Waals surface area (Å²) in [7, 11) is -3.89. The van der Waals surface area contributed by atoms with Gasteiger partial charge in [-0.1, -0.05) is 17.7 Å². The van der Waals surface area contributed by atoms with Gasteiger partial charge in [-0.3, -0.25) is 4.18 Å². The molecule has 0 unspecified atom stereocenters. The molecule has 1 fully saturated rings. The molecule has 3 atom stereocenters. The second-order valence-corrected chi connectivity index (χ2v) is 6.44. The Hall–Kier alpha value is -0.990. The molecule has 0 bridgehead atoms. The van der Waals surface area contributed by atoms with Crippen LogP contribution in [0.3, 0.4) is 0 Å². The molecule has 0 aliphatic carbocycles. The summed E-state index contributed by atoms with van der Waals surface area (Å²) in [5, 5.41) is 19.0. The normalized spacial score (nSPS) is 27.4. The van der Waals surface area contributed by atoms with Gasteiger partial charge in [0.2, 0.25) is 0 Å². The highest BCUT2D eigenvalue weighted by atomic mass is 32.2. The summed E-state index contributed by atoms with van der Waals surface area (Å²) in [6.45, 7) is 1.53. The van der Waals surface area contributed by atoms with E-state index in [2.05, 4.69) is 0 Å². The third kappa shape index (κ3) is 3.77. The molecule has 7 heteroatoms. The molecule has 112 valence electrons. The monoisotopic (exact) mass is 302 g/mol. The Kier molecular flexibility index (Phi) is 4.77. The highest BCUT2D eigenvalue weighted by Gasteiger charge is 2.30. The van der Waals surface area contributed by atoms with Crippen LogP contribution in [0.15, 0.2) is 29.2 Å². The van der Waals surface area contributed by atoms with Gasteiger partial charge in [-0.2, -0.15) is 8.42 Å². The van der Waals surface area contributed by atoms with E-state index < -0.39 is 28.6 Å². The lowest BCUT2D eigenvalue weighted by Crippen LogP contribution is -2.42. The molecule has 2 N–H and O–H groups in total. The van der Waals surface area contributed by atoms with E-state index in [0.29, 0.717) is 12.8 Å². The number of aryl methyl sites for hydroxylation is 1. The van der Waals surface area contributed by atoms with Crippen LogP contribution in [0.1, 0.15) is 18.4 Å². The first kappa shape index (κ1) is 15.4. The predicted octanol–water partition coefficient (Wildman–Crippen LogP) is 0.559. The van der Waals surface area contributed by atoms with Crippen molar-refractivity contribution in [2.75, 3.05) is 6.61 Å². The second kappa shape index (κ2) is 6.19. The Bertz CT molecular complexity index is 538. The van der Waals surface area contributed by atoms with Crippen molar-refractivity contribution >= 4 is 10.1 Å². The third-order valence-corrected chi connectivity index (χ3v) is 4.46. The average molecular weight is 302 g/mol. The minimum atomic E-state index is -3.89. The fourth-order valence-corrected chi connectivity index (χ4v) is 2.86. The fraction of sp³-hybridized carbons (Fsp3) is 0.538. The van der Waals surface area contributed by atoms with Crippen LogP contribution in [0.4, 0.5) is 0 Å². The molecule has 1 aromatic rings. The number of aliphatic hydroxyl groups excluding tert-OH is 2. The van der Waals surface area contributed by atoms with Gasteiger partial charge in [-0.05, 0) is 25.5 Å². The van der Waals surface area contributed by atoms with Gasteiger partial charge in [0.1, 0.15) is 6.10 Å². The quantitative estimate of drug-likeness (QED) is 0.789. The van der Waals surface area contributed by atoms with Gasteiger partial charge in [0.15, 0.2) is 6.29 Å². The van der Waals surface area contributed by atoms with E-state index >= 15 is 0 Å². The van der Waals surface area contributed by atoms with Crippen molar-refractivity contribution in [3.63, 3.8) is 0 Å². The first-order valence-corrected chi connectivity index (χ1v) is 7.77. The van der Waals surface area contributed by atoms with Crippen molar-refractivity contribution in [3.8, 4) is 0 Å². The number of hydrogen-bond acceptors (Lipinski definition) is 6. The molecule has 1 aromatic carbocycles. The van der Waals surface area contributed by atoms with Gasteiger partial charge < -0.3 is 14.9 Å². The van der Waals surface area contributed by atoms with Crippen LogP contribution in [0, 0.1) is 6.92 Å². The predicted molar refractivity (Wildman–Crippen MR) is 70.4 cm³/mol. The van der Waals surface area contributed by atoms with Gasteiger partial charge in [-0.15, -0.1) is 0 Å². The lowest BCUT2D eigenvalue weighted by Gasteiger charge is -2.30. The Morgan fingerprint density at radius 3 is 2.55 bits per heavy atom. The van der Waals surface area contributed by atoms with Crippen molar-refractivity contribution < 1.29 is 27.6 Å². The van der Waals surface area contributed by atoms with Crippen LogP contribution >= 0.6 is 0 Å². The summed E-state index contributed by atoms with van der Waals surface area (Å²) >= 11 is 0. The van der Waals surface area contributed by atoms with Gasteiger partial charge in [0.25, 0.3) is 10.1 Å². The third-order valence-electron chi connectivity index (χ3n) is 3.17. The van der Waals surface area contributed by atoms with E-state index in [0.717, 1.165) is 5.56 Å². The first-order chi connectivity index (χ1) is 9.38. The largest absolute Gasteiger partial charge is 0.390 e. The lowest BCUT2D eigenvalue weighted by molar-refractivity contribution is -0.205. The van der Waals surface area contributed by atoms with Crippen LogP contribution in [-0.4, -0.2) is 43.7 Å². The van der Waals surface area contributed by atoms with Gasteiger partial charge in [0.05, 0.1) is 17.6 Å². The summed E-state index contributed by atoms with van der Waals surface area (Å²) in [5.41, 5.74) is 0.943. The van der Waals surface area contributed by atoms with E-state index in [1.54, 1.807) is 12.1 Å². The molecule has 1 aliphatic rings. The maximum absolute atomic E-state index is 12.0. The molecule has 2 rings (SSSR count). The molecular formula is C13H18O6S. The maximum Gasteiger partial charge on any atom is 0.297 e. The van der Waals surface area contributed by atoms with E-state index in [1.807, 2.05) is 6.92 Å². The molecule has 0 radical (unpaired) electrons. The highest BCUT2D eigenvalue weighted by molar-refractivity contribution is 7.86. The molecule has 0 aromatic heterocycles. The zero-order valence-corrected chi connectivity index (χ0v) is 11.9. The topological polar surface area (TPSA) is 93.1 Å². The molecule has 0 spiro atoms. The van der Waals surface area contributed by atoms with E-state index in [-0.39, 0.29) is 11.5 Å². The van der Waals surface area contributed by atoms with Crippen molar-refractivity contribution in [1.29, 1.82) is 0 Å². The van der Waals surface area contributed by atoms with Crippen molar-refractivity contribution in [1.82, 2.24) is 0 Å². The highest BCUT2D eigenvalue weighted by Crippen LogP contribution is 2.20. The number of aliphatic hydroxyl groups is 2. The first-order valence-electron chi connectivity index (χ1n) is 6.36. The SMILES string of the molecule is Cc1ccc(S(=O)(=O)OC[C@H]2O[C@H](O)CC[C@@H]2O)cc1. The minimum Gasteiger partial charge on any atom is -0.390 e. The molecule has 6 nitrogen and oxygen atoms in total. The van der Waals surface area contributed by atoms with Crippen LogP contribution in [0.2, 0.25) is 0 Å². The van der Waals surface area contributed by atoms with Crippen molar-refractivity contribution in [2.24, 2.45) is 0 Å². The van der Waals surface area contributed by atoms with Crippen molar-refractivity contribution in [2.45, 2.75) is 43.2 Å². The Morgan fingerprint density at radius 2 is 1.90 bits per heavy atom. The van der Waals surface area contributed by atoms with Crippen LogP contribution < -0.4 is 0 Å². The summed E-state index contributed by atoms with van der Waals surface area (Å²) in [6.07, 6.45) is -2.01. The summed E-state index contributed by atoms with van der Waals surface area (Å²) < 4.78 is 33.9. The zero-order chi connectivity index (χ0) is 14.8. The molecule has 1 heterocycles. The molecule has 20 heavy (non-hydrogen) atoms. The Morgan fingerprint density at radius 1 is 1.25 bits per heavy atom. The van der Waals surface area contributed by atoms with Gasteiger partial charge >= 0.3 is 0 Å². The number of rotatable bonds is 4. The molecule has 0 amide bonds. The lowest BCUT2D eigenvalue weighted by atomic mass is 10.1. The van der Waals surface area contributed by atoms with Crippen molar-refractivity contribution in [3.05, 3.63) is 29.8 Å². The second-order valence-electron chi connectivity index (χ2n) is 4.83. The summed E-state index contributed by atoms with van der Waals surface area (Å²) in [6, 6.07) is 6.26. The number of benzene rings is 1. The van der Waals surface area contributed by atoms with Crippen LogP contribution in [-0.2, 0) is 19.0 Å². The molecule has 1 aliphatic heterocycles. The minimum absolute atomic E-state index is 0.0500. The van der Waals surface area contributed by atoms with Gasteiger partial charge in [-0.25, -0.2) is 0 Å².